The van der Waals surface area contributed by atoms with Crippen molar-refractivity contribution in [2.75, 3.05) is 39.9 Å². The van der Waals surface area contributed by atoms with Gasteiger partial charge in [-0.15, -0.1) is 0 Å². The Morgan fingerprint density at radius 3 is 2.74 bits per heavy atom. The van der Waals surface area contributed by atoms with Gasteiger partial charge >= 0.3 is 0 Å². The van der Waals surface area contributed by atoms with Crippen LogP contribution < -0.4 is 0 Å². The van der Waals surface area contributed by atoms with Crippen molar-refractivity contribution in [3.8, 4) is 0 Å². The Labute approximate surface area is 112 Å². The van der Waals surface area contributed by atoms with Crippen LogP contribution in [-0.4, -0.2) is 55.6 Å². The molecule has 0 spiro atoms. The van der Waals surface area contributed by atoms with Gasteiger partial charge in [-0.3, -0.25) is 9.69 Å². The van der Waals surface area contributed by atoms with Gasteiger partial charge in [-0.2, -0.15) is 0 Å². The van der Waals surface area contributed by atoms with E-state index in [1.54, 1.807) is 30.1 Å². The fourth-order valence-electron chi connectivity index (χ4n) is 2.04. The van der Waals surface area contributed by atoms with Gasteiger partial charge in [-0.05, 0) is 6.07 Å². The van der Waals surface area contributed by atoms with Crippen molar-refractivity contribution in [2.24, 2.45) is 0 Å². The molecule has 2 rings (SSSR count). The Bertz CT molecular complexity index is 433. The van der Waals surface area contributed by atoms with Gasteiger partial charge < -0.3 is 9.64 Å². The standard InChI is InChI=1S/C14H19FN2O2/c1-16(10-12-4-2-3-5-13(12)15)14(18)11-17-6-8-19-9-7-17/h2-5H,6-11H2,1H3. The lowest BCUT2D eigenvalue weighted by atomic mass is 10.2. The number of nitrogens with zero attached hydrogens (tertiary/aromatic N) is 2. The summed E-state index contributed by atoms with van der Waals surface area (Å²) in [5.41, 5.74) is 0.542. The largest absolute Gasteiger partial charge is 0.379 e. The minimum absolute atomic E-state index is 0.00477. The van der Waals surface area contributed by atoms with Crippen LogP contribution in [0.1, 0.15) is 5.56 Å². The van der Waals surface area contributed by atoms with E-state index < -0.39 is 0 Å². The molecule has 1 aromatic carbocycles. The van der Waals surface area contributed by atoms with Crippen LogP contribution >= 0.6 is 0 Å². The van der Waals surface area contributed by atoms with Gasteiger partial charge in [0.1, 0.15) is 5.82 Å². The summed E-state index contributed by atoms with van der Waals surface area (Å²) in [5.74, 6) is -0.265. The van der Waals surface area contributed by atoms with Crippen molar-refractivity contribution < 1.29 is 13.9 Å². The van der Waals surface area contributed by atoms with Crippen molar-refractivity contribution in [1.29, 1.82) is 0 Å². The first-order valence-electron chi connectivity index (χ1n) is 6.44. The summed E-state index contributed by atoms with van der Waals surface area (Å²) < 4.78 is 18.7. The number of morpholine rings is 1. The zero-order valence-electron chi connectivity index (χ0n) is 11.1. The highest BCUT2D eigenvalue weighted by atomic mass is 19.1. The third kappa shape index (κ3) is 4.01. The molecule has 5 heteroatoms. The first-order chi connectivity index (χ1) is 9.16. The number of benzene rings is 1. The van der Waals surface area contributed by atoms with Gasteiger partial charge in [0.05, 0.1) is 19.8 Å². The highest BCUT2D eigenvalue weighted by Gasteiger charge is 2.17. The summed E-state index contributed by atoms with van der Waals surface area (Å²) in [7, 11) is 1.70. The topological polar surface area (TPSA) is 32.8 Å². The van der Waals surface area contributed by atoms with Gasteiger partial charge in [-0.1, -0.05) is 18.2 Å². The molecule has 1 amide bonds. The van der Waals surface area contributed by atoms with Crippen molar-refractivity contribution in [3.63, 3.8) is 0 Å². The molecule has 0 saturated carbocycles. The molecule has 1 fully saturated rings. The molecule has 1 heterocycles. The molecule has 0 radical (unpaired) electrons. The van der Waals surface area contributed by atoms with Crippen molar-refractivity contribution in [3.05, 3.63) is 35.6 Å². The van der Waals surface area contributed by atoms with E-state index in [0.717, 1.165) is 13.1 Å². The fourth-order valence-corrected chi connectivity index (χ4v) is 2.04. The van der Waals surface area contributed by atoms with E-state index in [1.807, 2.05) is 0 Å². The molecule has 1 saturated heterocycles. The normalized spacial score (nSPS) is 16.3. The summed E-state index contributed by atoms with van der Waals surface area (Å²) in [5, 5.41) is 0. The average molecular weight is 266 g/mol. The number of carbonyl (C=O) groups is 1. The maximum absolute atomic E-state index is 13.5. The lowest BCUT2D eigenvalue weighted by Crippen LogP contribution is -2.43. The minimum Gasteiger partial charge on any atom is -0.379 e. The zero-order chi connectivity index (χ0) is 13.7. The maximum Gasteiger partial charge on any atom is 0.236 e. The van der Waals surface area contributed by atoms with E-state index in [-0.39, 0.29) is 11.7 Å². The lowest BCUT2D eigenvalue weighted by molar-refractivity contribution is -0.132. The third-order valence-electron chi connectivity index (χ3n) is 3.25. The second-order valence-electron chi connectivity index (χ2n) is 4.73. The lowest BCUT2D eigenvalue weighted by Gasteiger charge is -2.28. The number of carbonyl (C=O) groups excluding carboxylic acids is 1. The molecule has 0 unspecified atom stereocenters. The summed E-state index contributed by atoms with van der Waals surface area (Å²) in [6, 6.07) is 6.54. The van der Waals surface area contributed by atoms with Crippen LogP contribution in [0.25, 0.3) is 0 Å². The molecule has 0 aliphatic carbocycles. The molecule has 0 atom stereocenters. The zero-order valence-corrected chi connectivity index (χ0v) is 11.1. The molecule has 0 bridgehead atoms. The number of hydrogen-bond donors (Lipinski definition) is 0. The smallest absolute Gasteiger partial charge is 0.236 e. The first kappa shape index (κ1) is 14.0. The molecule has 1 aliphatic heterocycles. The molecule has 104 valence electrons. The second-order valence-corrected chi connectivity index (χ2v) is 4.73. The number of amides is 1. The fraction of sp³-hybridized carbons (Fsp3) is 0.500. The molecule has 4 nitrogen and oxygen atoms in total. The highest BCUT2D eigenvalue weighted by Crippen LogP contribution is 2.09. The second kappa shape index (κ2) is 6.63. The quantitative estimate of drug-likeness (QED) is 0.818. The van der Waals surface area contributed by atoms with Crippen LogP contribution in [0.3, 0.4) is 0 Å². The van der Waals surface area contributed by atoms with Crippen LogP contribution in [-0.2, 0) is 16.1 Å². The van der Waals surface area contributed by atoms with Crippen LogP contribution in [0.4, 0.5) is 4.39 Å². The van der Waals surface area contributed by atoms with Crippen molar-refractivity contribution in [2.45, 2.75) is 6.54 Å². The van der Waals surface area contributed by atoms with Crippen LogP contribution in [0.5, 0.6) is 0 Å². The molecular weight excluding hydrogens is 247 g/mol. The van der Waals surface area contributed by atoms with Gasteiger partial charge in [-0.25, -0.2) is 4.39 Å². The first-order valence-corrected chi connectivity index (χ1v) is 6.44. The molecule has 19 heavy (non-hydrogen) atoms. The number of halogens is 1. The summed E-state index contributed by atoms with van der Waals surface area (Å²) >= 11 is 0. The molecule has 0 aromatic heterocycles. The van der Waals surface area contributed by atoms with Crippen LogP contribution in [0.15, 0.2) is 24.3 Å². The maximum atomic E-state index is 13.5. The molecule has 0 N–H and O–H groups in total. The Morgan fingerprint density at radius 2 is 2.05 bits per heavy atom. The van der Waals surface area contributed by atoms with Gasteiger partial charge in [0.2, 0.25) is 5.91 Å². The van der Waals surface area contributed by atoms with E-state index in [9.17, 15) is 9.18 Å². The van der Waals surface area contributed by atoms with Gasteiger partial charge in [0, 0.05) is 32.2 Å². The van der Waals surface area contributed by atoms with Crippen LogP contribution in [0, 0.1) is 5.82 Å². The predicted molar refractivity (Wildman–Crippen MR) is 70.1 cm³/mol. The Kier molecular flexibility index (Phi) is 4.87. The number of likely N-dealkylation sites (N-methyl/N-ethyl adjacent to an activating group) is 1. The van der Waals surface area contributed by atoms with Crippen LogP contribution in [0.2, 0.25) is 0 Å². The average Bonchev–Trinajstić information content (AvgIpc) is 2.42. The third-order valence-corrected chi connectivity index (χ3v) is 3.25. The molecule has 1 aromatic rings. The van der Waals surface area contributed by atoms with E-state index in [0.29, 0.717) is 31.9 Å². The van der Waals surface area contributed by atoms with E-state index >= 15 is 0 Å². The van der Waals surface area contributed by atoms with Gasteiger partial charge in [0.25, 0.3) is 0 Å². The molecule has 1 aliphatic rings. The number of rotatable bonds is 4. The van der Waals surface area contributed by atoms with E-state index in [2.05, 4.69) is 4.90 Å². The predicted octanol–water partition coefficient (Wildman–Crippen LogP) is 1.12. The van der Waals surface area contributed by atoms with Crippen molar-refractivity contribution in [1.82, 2.24) is 9.80 Å². The van der Waals surface area contributed by atoms with E-state index in [1.165, 1.54) is 6.07 Å². The number of hydrogen-bond acceptors (Lipinski definition) is 3. The van der Waals surface area contributed by atoms with Crippen molar-refractivity contribution >= 4 is 5.91 Å². The Morgan fingerprint density at radius 1 is 1.37 bits per heavy atom. The monoisotopic (exact) mass is 266 g/mol. The number of ether oxygens (including phenoxy) is 1. The Hall–Kier alpha value is -1.46. The summed E-state index contributed by atoms with van der Waals surface area (Å²) in [6.45, 7) is 3.57. The molecular formula is C14H19FN2O2. The Balaban J connectivity index is 1.87. The van der Waals surface area contributed by atoms with E-state index in [4.69, 9.17) is 4.74 Å². The summed E-state index contributed by atoms with van der Waals surface area (Å²) in [6.07, 6.45) is 0. The van der Waals surface area contributed by atoms with Gasteiger partial charge in [0.15, 0.2) is 0 Å². The summed E-state index contributed by atoms with van der Waals surface area (Å²) in [4.78, 5) is 15.7. The SMILES string of the molecule is CN(Cc1ccccc1F)C(=O)CN1CCOCC1. The minimum atomic E-state index is -0.270. The highest BCUT2D eigenvalue weighted by molar-refractivity contribution is 5.78.